The lowest BCUT2D eigenvalue weighted by Crippen LogP contribution is -2.37. The lowest BCUT2D eigenvalue weighted by Gasteiger charge is -2.35. The number of carbonyl (C=O) groups excluding carboxylic acids is 1. The van der Waals surface area contributed by atoms with Crippen LogP contribution in [-0.4, -0.2) is 36.9 Å². The van der Waals surface area contributed by atoms with Gasteiger partial charge in [-0.2, -0.15) is 0 Å². The Kier molecular flexibility index (Phi) is 5.55. The minimum atomic E-state index is -0.683. The molecule has 1 saturated carbocycles. The highest BCUT2D eigenvalue weighted by Crippen LogP contribution is 2.46. The van der Waals surface area contributed by atoms with E-state index in [9.17, 15) is 18.0 Å². The summed E-state index contributed by atoms with van der Waals surface area (Å²) in [5.41, 5.74) is 2.27. The van der Waals surface area contributed by atoms with Crippen LogP contribution < -0.4 is 5.32 Å². The molecular formula is C24H23F3N2O3. The number of aromatic nitrogens is 1. The minimum Gasteiger partial charge on any atom is -0.446 e. The van der Waals surface area contributed by atoms with E-state index in [4.69, 9.17) is 9.47 Å². The molecule has 32 heavy (non-hydrogen) atoms. The van der Waals surface area contributed by atoms with Crippen molar-refractivity contribution in [3.05, 3.63) is 59.4 Å². The summed E-state index contributed by atoms with van der Waals surface area (Å²) in [5.74, 6) is -1.46. The second-order valence-electron chi connectivity index (χ2n) is 8.54. The van der Waals surface area contributed by atoms with Crippen LogP contribution in [-0.2, 0) is 9.47 Å². The van der Waals surface area contributed by atoms with Gasteiger partial charge in [0.25, 0.3) is 0 Å². The molecule has 2 fully saturated rings. The molecule has 1 aliphatic carbocycles. The zero-order valence-electron chi connectivity index (χ0n) is 17.3. The highest BCUT2D eigenvalue weighted by molar-refractivity contribution is 5.92. The number of ether oxygens (including phenoxy) is 2. The fourth-order valence-electron chi connectivity index (χ4n) is 4.57. The van der Waals surface area contributed by atoms with E-state index in [0.717, 1.165) is 18.1 Å². The maximum atomic E-state index is 14.4. The fourth-order valence-corrected chi connectivity index (χ4v) is 4.57. The lowest BCUT2D eigenvalue weighted by atomic mass is 9.75. The van der Waals surface area contributed by atoms with Crippen molar-refractivity contribution in [3.8, 4) is 11.3 Å². The first-order valence-electron chi connectivity index (χ1n) is 10.8. The van der Waals surface area contributed by atoms with E-state index in [0.29, 0.717) is 55.2 Å². The van der Waals surface area contributed by atoms with Crippen LogP contribution >= 0.6 is 0 Å². The van der Waals surface area contributed by atoms with E-state index in [1.807, 2.05) is 0 Å². The molecule has 5 rings (SSSR count). The molecule has 1 aliphatic heterocycles. The number of amides is 1. The Bertz CT molecular complexity index is 1130. The molecule has 8 heteroatoms. The van der Waals surface area contributed by atoms with Crippen LogP contribution in [0, 0.1) is 23.4 Å². The van der Waals surface area contributed by atoms with Crippen LogP contribution in [0.25, 0.3) is 22.2 Å². The maximum absolute atomic E-state index is 14.4. The second kappa shape index (κ2) is 8.50. The summed E-state index contributed by atoms with van der Waals surface area (Å²) in [6, 6.07) is 8.00. The molecular weight excluding hydrogens is 421 g/mol. The molecule has 0 spiro atoms. The van der Waals surface area contributed by atoms with Gasteiger partial charge >= 0.3 is 6.09 Å². The minimum absolute atomic E-state index is 0.0500. The van der Waals surface area contributed by atoms with Crippen molar-refractivity contribution < 1.29 is 27.4 Å². The molecule has 0 bridgehead atoms. The molecule has 2 aromatic carbocycles. The van der Waals surface area contributed by atoms with E-state index in [-0.39, 0.29) is 23.4 Å². The van der Waals surface area contributed by atoms with E-state index in [2.05, 4.69) is 10.3 Å². The third kappa shape index (κ3) is 4.07. The summed E-state index contributed by atoms with van der Waals surface area (Å²) in [6.45, 7) is 1.88. The van der Waals surface area contributed by atoms with Crippen molar-refractivity contribution in [2.24, 2.45) is 5.92 Å². The van der Waals surface area contributed by atoms with Gasteiger partial charge in [-0.25, -0.2) is 18.0 Å². The van der Waals surface area contributed by atoms with E-state index in [1.165, 1.54) is 18.2 Å². The van der Waals surface area contributed by atoms with Crippen LogP contribution in [0.1, 0.15) is 30.7 Å². The quantitative estimate of drug-likeness (QED) is 0.564. The van der Waals surface area contributed by atoms with Gasteiger partial charge in [-0.15, -0.1) is 0 Å². The van der Waals surface area contributed by atoms with Gasteiger partial charge in [0, 0.05) is 30.5 Å². The Hall–Kier alpha value is -3.00. The molecule has 3 aromatic rings. The molecule has 2 aliphatic rings. The van der Waals surface area contributed by atoms with Gasteiger partial charge in [0.05, 0.1) is 17.8 Å². The summed E-state index contributed by atoms with van der Waals surface area (Å²) in [5, 5.41) is 3.23. The number of rotatable bonds is 5. The maximum Gasteiger partial charge on any atom is 0.407 e. The van der Waals surface area contributed by atoms with E-state index < -0.39 is 17.7 Å². The summed E-state index contributed by atoms with van der Waals surface area (Å²) in [4.78, 5) is 15.2. The number of H-pyrrole nitrogens is 1. The lowest BCUT2D eigenvalue weighted by molar-refractivity contribution is 0.0392. The standard InChI is InChI=1S/C24H23F3N2O3/c25-16-3-1-14(2-4-16)22-21(19-9-17(26)10-20(27)23(19)29-22)15-7-18(8-15)32-24(30)28-11-13-5-6-31-12-13/h1-4,9-10,13,15,18,29H,5-8,11-12H2,(H,28,30). The van der Waals surface area contributed by atoms with E-state index in [1.54, 1.807) is 12.1 Å². The number of carbonyl (C=O) groups is 1. The van der Waals surface area contributed by atoms with Crippen molar-refractivity contribution in [3.63, 3.8) is 0 Å². The predicted molar refractivity (Wildman–Crippen MR) is 113 cm³/mol. The molecule has 1 unspecified atom stereocenters. The average molecular weight is 444 g/mol. The highest BCUT2D eigenvalue weighted by atomic mass is 19.1. The predicted octanol–water partition coefficient (Wildman–Crippen LogP) is 5.26. The van der Waals surface area contributed by atoms with Gasteiger partial charge in [-0.3, -0.25) is 0 Å². The van der Waals surface area contributed by atoms with Crippen LogP contribution in [0.4, 0.5) is 18.0 Å². The van der Waals surface area contributed by atoms with Gasteiger partial charge in [0.2, 0.25) is 0 Å². The molecule has 1 atom stereocenters. The number of aromatic amines is 1. The third-order valence-electron chi connectivity index (χ3n) is 6.33. The van der Waals surface area contributed by atoms with Crippen LogP contribution in [0.5, 0.6) is 0 Å². The molecule has 168 valence electrons. The van der Waals surface area contributed by atoms with Crippen molar-refractivity contribution >= 4 is 17.0 Å². The average Bonchev–Trinajstić information content (AvgIpc) is 3.38. The van der Waals surface area contributed by atoms with Gasteiger partial charge in [0.1, 0.15) is 23.6 Å². The number of halogens is 3. The largest absolute Gasteiger partial charge is 0.446 e. The number of alkyl carbamates (subject to hydrolysis) is 1. The zero-order valence-corrected chi connectivity index (χ0v) is 17.3. The van der Waals surface area contributed by atoms with Gasteiger partial charge in [0.15, 0.2) is 0 Å². The summed E-state index contributed by atoms with van der Waals surface area (Å²) >= 11 is 0. The molecule has 2 heterocycles. The molecule has 2 N–H and O–H groups in total. The van der Waals surface area contributed by atoms with Gasteiger partial charge in [-0.1, -0.05) is 0 Å². The fraction of sp³-hybridized carbons (Fsp3) is 0.375. The molecule has 0 radical (unpaired) electrons. The number of benzene rings is 2. The third-order valence-corrected chi connectivity index (χ3v) is 6.33. The smallest absolute Gasteiger partial charge is 0.407 e. The van der Waals surface area contributed by atoms with Crippen LogP contribution in [0.2, 0.25) is 0 Å². The first kappa shape index (κ1) is 20.9. The number of hydrogen-bond donors (Lipinski definition) is 2. The van der Waals surface area contributed by atoms with Crippen molar-refractivity contribution in [1.82, 2.24) is 10.3 Å². The molecule has 1 aromatic heterocycles. The molecule has 5 nitrogen and oxygen atoms in total. The van der Waals surface area contributed by atoms with Crippen molar-refractivity contribution in [2.45, 2.75) is 31.3 Å². The monoisotopic (exact) mass is 444 g/mol. The summed E-state index contributed by atoms with van der Waals surface area (Å²) in [6.07, 6.45) is 1.27. The molecule has 1 amide bonds. The Morgan fingerprint density at radius 1 is 1.12 bits per heavy atom. The van der Waals surface area contributed by atoms with Crippen molar-refractivity contribution in [1.29, 1.82) is 0 Å². The van der Waals surface area contributed by atoms with Crippen molar-refractivity contribution in [2.75, 3.05) is 19.8 Å². The zero-order chi connectivity index (χ0) is 22.2. The summed E-state index contributed by atoms with van der Waals surface area (Å²) < 4.78 is 52.7. The summed E-state index contributed by atoms with van der Waals surface area (Å²) in [7, 11) is 0. The Morgan fingerprint density at radius 2 is 1.91 bits per heavy atom. The topological polar surface area (TPSA) is 63.4 Å². The van der Waals surface area contributed by atoms with E-state index >= 15 is 0 Å². The highest BCUT2D eigenvalue weighted by Gasteiger charge is 2.37. The second-order valence-corrected chi connectivity index (χ2v) is 8.54. The number of hydrogen-bond acceptors (Lipinski definition) is 3. The van der Waals surface area contributed by atoms with Crippen LogP contribution in [0.3, 0.4) is 0 Å². The number of nitrogens with one attached hydrogen (secondary N) is 2. The Balaban J connectivity index is 1.34. The first-order chi connectivity index (χ1) is 15.5. The SMILES string of the molecule is O=C(NCC1CCOC1)OC1CC(c2c(-c3ccc(F)cc3)[nH]c3c(F)cc(F)cc23)C1. The van der Waals surface area contributed by atoms with Gasteiger partial charge < -0.3 is 19.8 Å². The normalized spacial score (nSPS) is 22.7. The number of fused-ring (bicyclic) bond motifs is 1. The first-order valence-corrected chi connectivity index (χ1v) is 10.8. The molecule has 1 saturated heterocycles. The Labute approximate surface area is 182 Å². The van der Waals surface area contributed by atoms with Crippen LogP contribution in [0.15, 0.2) is 36.4 Å². The van der Waals surface area contributed by atoms with Gasteiger partial charge in [-0.05, 0) is 66.6 Å². The Morgan fingerprint density at radius 3 is 2.62 bits per heavy atom.